The number of halogens is 3. The number of piperazine rings is 1. The number of carbonyl (C=O) groups is 1. The van der Waals surface area contributed by atoms with Gasteiger partial charge in [-0.15, -0.1) is 0 Å². The summed E-state index contributed by atoms with van der Waals surface area (Å²) in [6.45, 7) is 12.2. The Morgan fingerprint density at radius 3 is 2.58 bits per heavy atom. The SMILES string of the molecule is CCOC(=O)CCNc1nc(N2CCN(C(C)(C)C)CC2)c2cc(Cl)c(Br)c(F)c2n1. The molecule has 1 saturated heterocycles. The third kappa shape index (κ3) is 5.56. The summed E-state index contributed by atoms with van der Waals surface area (Å²) in [5, 5.41) is 3.86. The predicted octanol–water partition coefficient (Wildman–Crippen LogP) is 4.47. The molecule has 0 unspecified atom stereocenters. The van der Waals surface area contributed by atoms with Gasteiger partial charge in [-0.3, -0.25) is 9.69 Å². The Morgan fingerprint density at radius 1 is 1.29 bits per heavy atom. The lowest BCUT2D eigenvalue weighted by molar-refractivity contribution is -0.142. The molecule has 1 N–H and O–H groups in total. The Balaban J connectivity index is 1.92. The van der Waals surface area contributed by atoms with Crippen molar-refractivity contribution in [3.63, 3.8) is 0 Å². The first-order valence-corrected chi connectivity index (χ1v) is 11.5. The number of carbonyl (C=O) groups excluding carboxylic acids is 1. The third-order valence-corrected chi connectivity index (χ3v) is 6.55. The van der Waals surface area contributed by atoms with Crippen LogP contribution in [-0.4, -0.2) is 65.7 Å². The smallest absolute Gasteiger partial charge is 0.307 e. The van der Waals surface area contributed by atoms with E-state index in [4.69, 9.17) is 16.3 Å². The van der Waals surface area contributed by atoms with E-state index in [2.05, 4.69) is 61.8 Å². The summed E-state index contributed by atoms with van der Waals surface area (Å²) >= 11 is 9.43. The molecule has 3 rings (SSSR count). The van der Waals surface area contributed by atoms with Gasteiger partial charge < -0.3 is 15.0 Å². The van der Waals surface area contributed by atoms with Crippen LogP contribution in [0, 0.1) is 5.82 Å². The van der Waals surface area contributed by atoms with Gasteiger partial charge in [-0.05, 0) is 49.7 Å². The van der Waals surface area contributed by atoms with Gasteiger partial charge in [-0.2, -0.15) is 4.98 Å². The predicted molar refractivity (Wildman–Crippen MR) is 125 cm³/mol. The Bertz CT molecular complexity index is 961. The van der Waals surface area contributed by atoms with E-state index in [0.717, 1.165) is 26.2 Å². The normalized spacial score (nSPS) is 15.4. The molecular weight excluding hydrogens is 489 g/mol. The molecule has 1 aliphatic heterocycles. The maximum Gasteiger partial charge on any atom is 0.307 e. The summed E-state index contributed by atoms with van der Waals surface area (Å²) in [6, 6.07) is 1.69. The van der Waals surface area contributed by atoms with Crippen LogP contribution >= 0.6 is 27.5 Å². The molecule has 1 aliphatic rings. The number of fused-ring (bicyclic) bond motifs is 1. The quantitative estimate of drug-likeness (QED) is 0.449. The third-order valence-electron chi connectivity index (χ3n) is 5.25. The fourth-order valence-corrected chi connectivity index (χ4v) is 4.07. The first-order valence-electron chi connectivity index (χ1n) is 10.4. The molecule has 0 amide bonds. The second kappa shape index (κ2) is 9.83. The first kappa shape index (κ1) is 23.9. The zero-order chi connectivity index (χ0) is 22.8. The van der Waals surface area contributed by atoms with Crippen LogP contribution in [0.5, 0.6) is 0 Å². The lowest BCUT2D eigenvalue weighted by atomic mass is 10.0. The van der Waals surface area contributed by atoms with Crippen molar-refractivity contribution >= 4 is 56.2 Å². The summed E-state index contributed by atoms with van der Waals surface area (Å²) < 4.78 is 20.1. The minimum absolute atomic E-state index is 0.0833. The highest BCUT2D eigenvalue weighted by Crippen LogP contribution is 2.36. The van der Waals surface area contributed by atoms with E-state index >= 15 is 4.39 Å². The van der Waals surface area contributed by atoms with E-state index in [0.29, 0.717) is 17.8 Å². The van der Waals surface area contributed by atoms with Crippen molar-refractivity contribution in [1.29, 1.82) is 0 Å². The molecule has 31 heavy (non-hydrogen) atoms. The van der Waals surface area contributed by atoms with Crippen molar-refractivity contribution in [3.05, 3.63) is 21.4 Å². The number of ether oxygens (including phenoxy) is 1. The minimum atomic E-state index is -0.534. The fourth-order valence-electron chi connectivity index (χ4n) is 3.58. The molecule has 170 valence electrons. The van der Waals surface area contributed by atoms with Gasteiger partial charge in [-0.25, -0.2) is 9.37 Å². The van der Waals surface area contributed by atoms with Gasteiger partial charge in [-0.1, -0.05) is 11.6 Å². The summed E-state index contributed by atoms with van der Waals surface area (Å²) in [5.74, 6) is 0.0478. The summed E-state index contributed by atoms with van der Waals surface area (Å²) in [6.07, 6.45) is 0.168. The number of nitrogens with one attached hydrogen (secondary N) is 1. The zero-order valence-corrected chi connectivity index (χ0v) is 20.6. The maximum absolute atomic E-state index is 15.0. The van der Waals surface area contributed by atoms with Gasteiger partial charge in [0.25, 0.3) is 0 Å². The van der Waals surface area contributed by atoms with Crippen molar-refractivity contribution in [3.8, 4) is 0 Å². The van der Waals surface area contributed by atoms with Gasteiger partial charge in [0.1, 0.15) is 11.3 Å². The number of anilines is 2. The van der Waals surface area contributed by atoms with Crippen molar-refractivity contribution < 1.29 is 13.9 Å². The van der Waals surface area contributed by atoms with E-state index in [-0.39, 0.29) is 45.4 Å². The molecule has 1 aromatic carbocycles. The maximum atomic E-state index is 15.0. The van der Waals surface area contributed by atoms with Crippen LogP contribution < -0.4 is 10.2 Å². The van der Waals surface area contributed by atoms with E-state index in [1.807, 2.05) is 0 Å². The molecule has 1 fully saturated rings. The molecule has 1 aromatic heterocycles. The number of hydrogen-bond donors (Lipinski definition) is 1. The van der Waals surface area contributed by atoms with Crippen LogP contribution in [0.15, 0.2) is 10.5 Å². The van der Waals surface area contributed by atoms with Crippen LogP contribution in [0.3, 0.4) is 0 Å². The molecule has 0 saturated carbocycles. The van der Waals surface area contributed by atoms with Gasteiger partial charge in [0.05, 0.1) is 22.5 Å². The van der Waals surface area contributed by atoms with Crippen LogP contribution in [0.2, 0.25) is 5.02 Å². The van der Waals surface area contributed by atoms with Crippen molar-refractivity contribution in [2.24, 2.45) is 0 Å². The number of nitrogens with zero attached hydrogens (tertiary/aromatic N) is 4. The largest absolute Gasteiger partial charge is 0.466 e. The molecule has 0 atom stereocenters. The van der Waals surface area contributed by atoms with E-state index < -0.39 is 5.82 Å². The molecule has 0 aliphatic carbocycles. The molecule has 7 nitrogen and oxygen atoms in total. The Labute approximate surface area is 195 Å². The fraction of sp³-hybridized carbons (Fsp3) is 0.571. The average molecular weight is 517 g/mol. The van der Waals surface area contributed by atoms with Crippen molar-refractivity contribution in [2.75, 3.05) is 49.5 Å². The van der Waals surface area contributed by atoms with Crippen LogP contribution in [-0.2, 0) is 9.53 Å². The van der Waals surface area contributed by atoms with Gasteiger partial charge >= 0.3 is 5.97 Å². The topological polar surface area (TPSA) is 70.6 Å². The highest BCUT2D eigenvalue weighted by molar-refractivity contribution is 9.10. The summed E-state index contributed by atoms with van der Waals surface area (Å²) in [7, 11) is 0. The number of rotatable bonds is 6. The van der Waals surface area contributed by atoms with Crippen LogP contribution in [0.1, 0.15) is 34.1 Å². The van der Waals surface area contributed by atoms with E-state index in [9.17, 15) is 4.79 Å². The van der Waals surface area contributed by atoms with Crippen LogP contribution in [0.25, 0.3) is 10.9 Å². The minimum Gasteiger partial charge on any atom is -0.466 e. The monoisotopic (exact) mass is 515 g/mol. The number of benzene rings is 1. The lowest BCUT2D eigenvalue weighted by Crippen LogP contribution is -2.53. The highest BCUT2D eigenvalue weighted by atomic mass is 79.9. The molecule has 0 bridgehead atoms. The molecule has 2 aromatic rings. The molecular formula is C21H28BrClFN5O2. The molecule has 2 heterocycles. The van der Waals surface area contributed by atoms with Crippen molar-refractivity contribution in [2.45, 2.75) is 39.7 Å². The number of aromatic nitrogens is 2. The zero-order valence-electron chi connectivity index (χ0n) is 18.3. The Hall–Kier alpha value is -1.71. The standard InChI is InChI=1S/C21H28BrClFN5O2/c1-5-31-15(30)6-7-25-20-26-18-13(12-14(23)16(22)17(18)24)19(27-20)28-8-10-29(11-9-28)21(2,3)4/h12H,5-11H2,1-4H3,(H,25,26,27). The first-order chi connectivity index (χ1) is 14.6. The highest BCUT2D eigenvalue weighted by Gasteiger charge is 2.28. The summed E-state index contributed by atoms with van der Waals surface area (Å²) in [5.41, 5.74) is 0.262. The molecule has 0 radical (unpaired) electrons. The summed E-state index contributed by atoms with van der Waals surface area (Å²) in [4.78, 5) is 25.2. The van der Waals surface area contributed by atoms with Gasteiger partial charge in [0.15, 0.2) is 5.82 Å². The second-order valence-corrected chi connectivity index (χ2v) is 9.58. The van der Waals surface area contributed by atoms with Crippen LogP contribution in [0.4, 0.5) is 16.2 Å². The number of hydrogen-bond acceptors (Lipinski definition) is 7. The van der Waals surface area contributed by atoms with Crippen molar-refractivity contribution in [1.82, 2.24) is 14.9 Å². The Kier molecular flexibility index (Phi) is 7.59. The second-order valence-electron chi connectivity index (χ2n) is 8.38. The average Bonchev–Trinajstić information content (AvgIpc) is 2.72. The van der Waals surface area contributed by atoms with Gasteiger partial charge in [0.2, 0.25) is 5.95 Å². The van der Waals surface area contributed by atoms with Gasteiger partial charge in [0, 0.05) is 43.6 Å². The molecule has 0 spiro atoms. The Morgan fingerprint density at radius 2 is 1.97 bits per heavy atom. The lowest BCUT2D eigenvalue weighted by Gasteiger charge is -2.42. The van der Waals surface area contributed by atoms with E-state index in [1.54, 1.807) is 13.0 Å². The van der Waals surface area contributed by atoms with E-state index in [1.165, 1.54) is 0 Å². The number of esters is 1. The molecule has 10 heteroatoms.